The van der Waals surface area contributed by atoms with Gasteiger partial charge in [-0.2, -0.15) is 0 Å². The van der Waals surface area contributed by atoms with Crippen LogP contribution in [0.5, 0.6) is 0 Å². The van der Waals surface area contributed by atoms with Crippen LogP contribution in [0.1, 0.15) is 12.8 Å². The molecule has 0 amide bonds. The van der Waals surface area contributed by atoms with E-state index in [1.807, 2.05) is 0 Å². The molecule has 1 aliphatic heterocycles. The normalized spacial score (nSPS) is 21.6. The summed E-state index contributed by atoms with van der Waals surface area (Å²) in [6.45, 7) is 2.15. The first-order valence-corrected chi connectivity index (χ1v) is 5.12. The van der Waals surface area contributed by atoms with Crippen molar-refractivity contribution in [1.29, 1.82) is 5.41 Å². The van der Waals surface area contributed by atoms with Crippen LogP contribution in [0.25, 0.3) is 0 Å². The fourth-order valence-corrected chi connectivity index (χ4v) is 1.69. The minimum Gasteiger partial charge on any atom is -0.395 e. The molecular weight excluding hydrogens is 200 g/mol. The Morgan fingerprint density at radius 1 is 1.57 bits per heavy atom. The van der Waals surface area contributed by atoms with Crippen LogP contribution in [0.2, 0.25) is 0 Å². The number of halogens is 1. The van der Waals surface area contributed by atoms with Crippen molar-refractivity contribution in [2.24, 2.45) is 5.73 Å². The zero-order valence-corrected chi connectivity index (χ0v) is 9.14. The summed E-state index contributed by atoms with van der Waals surface area (Å²) in [5.74, 6) is 0. The number of hydrogen-bond acceptors (Lipinski definition) is 4. The smallest absolute Gasteiger partial charge is 0.127 e. The Morgan fingerprint density at radius 2 is 2.14 bits per heavy atom. The third kappa shape index (κ3) is 3.20. The molecule has 1 heterocycles. The number of nitrogens with two attached hydrogens (primary N) is 1. The molecule has 4 N–H and O–H groups in total. The van der Waals surface area contributed by atoms with Crippen LogP contribution in [0.3, 0.4) is 0 Å². The molecule has 4 nitrogen and oxygen atoms in total. The molecule has 1 rings (SSSR count). The van der Waals surface area contributed by atoms with Gasteiger partial charge in [0, 0.05) is 12.3 Å². The van der Waals surface area contributed by atoms with Crippen molar-refractivity contribution in [3.8, 4) is 0 Å². The van der Waals surface area contributed by atoms with E-state index in [9.17, 15) is 0 Å². The Hall–Kier alpha value is -0.740. The van der Waals surface area contributed by atoms with Crippen LogP contribution in [0.15, 0.2) is 10.9 Å². The summed E-state index contributed by atoms with van der Waals surface area (Å²) >= 11 is 5.88. The van der Waals surface area contributed by atoms with E-state index in [-0.39, 0.29) is 0 Å². The molecule has 0 saturated carbocycles. The number of allylic oxidation sites excluding steroid dienone is 1. The Bertz CT molecular complexity index is 231. The summed E-state index contributed by atoms with van der Waals surface area (Å²) in [5.41, 5.74) is 5.79. The summed E-state index contributed by atoms with van der Waals surface area (Å²) in [6, 6.07) is 0.386. The summed E-state index contributed by atoms with van der Waals surface area (Å²) in [6.07, 6.45) is 3.19. The van der Waals surface area contributed by atoms with Gasteiger partial charge in [0.1, 0.15) is 5.16 Å². The first-order chi connectivity index (χ1) is 6.63. The number of likely N-dealkylation sites (tertiary alicyclic amines) is 1. The van der Waals surface area contributed by atoms with Crippen LogP contribution >= 0.6 is 11.6 Å². The van der Waals surface area contributed by atoms with E-state index in [1.54, 1.807) is 0 Å². The van der Waals surface area contributed by atoms with Crippen LogP contribution in [-0.4, -0.2) is 37.3 Å². The van der Waals surface area contributed by atoms with Gasteiger partial charge in [0.2, 0.25) is 0 Å². The van der Waals surface area contributed by atoms with Gasteiger partial charge in [-0.3, -0.25) is 0 Å². The van der Waals surface area contributed by atoms with Crippen LogP contribution < -0.4 is 11.1 Å². The lowest BCUT2D eigenvalue weighted by molar-refractivity contribution is 0.243. The van der Waals surface area contributed by atoms with Crippen molar-refractivity contribution in [3.05, 3.63) is 10.9 Å². The SMILES string of the molecule is CN1CCC(N/C(Cl)=C(/N)C=N)CC1. The standard InChI is InChI=1S/C9H17ClN4/c1-14-4-2-7(3-5-14)13-9(10)8(12)6-11/h6-7,11,13H,2-5,12H2,1H3/b9-8+,11-6?. The van der Waals surface area contributed by atoms with E-state index in [0.717, 1.165) is 32.1 Å². The number of nitrogens with one attached hydrogen (secondary N) is 2. The molecule has 0 atom stereocenters. The molecule has 1 aliphatic rings. The highest BCUT2D eigenvalue weighted by atomic mass is 35.5. The molecule has 0 aromatic heterocycles. The van der Waals surface area contributed by atoms with E-state index in [4.69, 9.17) is 22.7 Å². The van der Waals surface area contributed by atoms with E-state index in [0.29, 0.717) is 16.9 Å². The Kier molecular flexibility index (Phi) is 4.22. The summed E-state index contributed by atoms with van der Waals surface area (Å²) in [5, 5.41) is 10.5. The van der Waals surface area contributed by atoms with Gasteiger partial charge in [0.15, 0.2) is 0 Å². The zero-order valence-electron chi connectivity index (χ0n) is 8.39. The predicted octanol–water partition coefficient (Wildman–Crippen LogP) is 0.686. The zero-order chi connectivity index (χ0) is 10.6. The number of nitrogens with zero attached hydrogens (tertiary/aromatic N) is 1. The van der Waals surface area contributed by atoms with Crippen molar-refractivity contribution >= 4 is 17.8 Å². The van der Waals surface area contributed by atoms with Crippen LogP contribution in [0.4, 0.5) is 0 Å². The Balaban J connectivity index is 2.41. The second-order valence-electron chi connectivity index (χ2n) is 3.64. The molecule has 0 aromatic carbocycles. The Morgan fingerprint density at radius 3 is 2.64 bits per heavy atom. The largest absolute Gasteiger partial charge is 0.395 e. The maximum absolute atomic E-state index is 6.95. The van der Waals surface area contributed by atoms with Gasteiger partial charge in [-0.05, 0) is 33.0 Å². The molecule has 0 radical (unpaired) electrons. The molecule has 0 aliphatic carbocycles. The summed E-state index contributed by atoms with van der Waals surface area (Å²) in [4.78, 5) is 2.29. The Labute approximate surface area is 89.6 Å². The molecule has 0 aromatic rings. The van der Waals surface area contributed by atoms with Crippen molar-refractivity contribution < 1.29 is 0 Å². The molecule has 0 spiro atoms. The van der Waals surface area contributed by atoms with Gasteiger partial charge >= 0.3 is 0 Å². The van der Waals surface area contributed by atoms with Crippen molar-refractivity contribution in [3.63, 3.8) is 0 Å². The monoisotopic (exact) mass is 216 g/mol. The molecule has 0 bridgehead atoms. The minimum absolute atomic E-state index is 0.297. The number of rotatable bonds is 3. The quantitative estimate of drug-likeness (QED) is 0.481. The molecule has 14 heavy (non-hydrogen) atoms. The molecular formula is C9H17ClN4. The minimum atomic E-state index is 0.297. The second-order valence-corrected chi connectivity index (χ2v) is 4.01. The molecule has 0 unspecified atom stereocenters. The van der Waals surface area contributed by atoms with Gasteiger partial charge in [0.25, 0.3) is 0 Å². The lowest BCUT2D eigenvalue weighted by atomic mass is 10.1. The lowest BCUT2D eigenvalue weighted by Crippen LogP contribution is -2.40. The molecule has 5 heteroatoms. The average Bonchev–Trinajstić information content (AvgIpc) is 2.20. The fraction of sp³-hybridized carbons (Fsp3) is 0.667. The van der Waals surface area contributed by atoms with Crippen molar-refractivity contribution in [2.75, 3.05) is 20.1 Å². The third-order valence-electron chi connectivity index (χ3n) is 2.46. The van der Waals surface area contributed by atoms with Gasteiger partial charge in [-0.1, -0.05) is 11.6 Å². The molecule has 80 valence electrons. The second kappa shape index (κ2) is 5.22. The van der Waals surface area contributed by atoms with Gasteiger partial charge < -0.3 is 21.4 Å². The highest BCUT2D eigenvalue weighted by Gasteiger charge is 2.16. The number of hydrogen-bond donors (Lipinski definition) is 3. The average molecular weight is 217 g/mol. The first kappa shape index (κ1) is 11.3. The topological polar surface area (TPSA) is 65.1 Å². The highest BCUT2D eigenvalue weighted by molar-refractivity contribution is 6.30. The van der Waals surface area contributed by atoms with E-state index < -0.39 is 0 Å². The molecule has 1 fully saturated rings. The van der Waals surface area contributed by atoms with Crippen molar-refractivity contribution in [2.45, 2.75) is 18.9 Å². The van der Waals surface area contributed by atoms with Crippen LogP contribution in [-0.2, 0) is 0 Å². The van der Waals surface area contributed by atoms with Gasteiger partial charge in [0.05, 0.1) is 5.70 Å². The maximum atomic E-state index is 6.95. The molecule has 1 saturated heterocycles. The van der Waals surface area contributed by atoms with E-state index >= 15 is 0 Å². The summed E-state index contributed by atoms with van der Waals surface area (Å²) in [7, 11) is 2.11. The van der Waals surface area contributed by atoms with Crippen molar-refractivity contribution in [1.82, 2.24) is 10.2 Å². The summed E-state index contributed by atoms with van der Waals surface area (Å²) < 4.78 is 0. The van der Waals surface area contributed by atoms with Crippen LogP contribution in [0, 0.1) is 5.41 Å². The first-order valence-electron chi connectivity index (χ1n) is 4.74. The lowest BCUT2D eigenvalue weighted by Gasteiger charge is -2.29. The maximum Gasteiger partial charge on any atom is 0.127 e. The van der Waals surface area contributed by atoms with E-state index in [2.05, 4.69) is 17.3 Å². The predicted molar refractivity (Wildman–Crippen MR) is 59.5 cm³/mol. The fourth-order valence-electron chi connectivity index (χ4n) is 1.48. The van der Waals surface area contributed by atoms with Gasteiger partial charge in [-0.25, -0.2) is 0 Å². The van der Waals surface area contributed by atoms with E-state index in [1.165, 1.54) is 0 Å². The number of piperidine rings is 1. The third-order valence-corrected chi connectivity index (χ3v) is 2.79. The van der Waals surface area contributed by atoms with Gasteiger partial charge in [-0.15, -0.1) is 0 Å². The highest BCUT2D eigenvalue weighted by Crippen LogP contribution is 2.11.